The molecule has 11 heteroatoms. The van der Waals surface area contributed by atoms with Gasteiger partial charge >= 0.3 is 0 Å². The molecule has 4 rings (SSSR count). The van der Waals surface area contributed by atoms with Crippen LogP contribution in [0.2, 0.25) is 0 Å². The number of sulfonamides is 1. The molecule has 1 heterocycles. The van der Waals surface area contributed by atoms with Gasteiger partial charge in [-0.1, -0.05) is 33.6 Å². The van der Waals surface area contributed by atoms with E-state index in [1.165, 1.54) is 32.4 Å². The Bertz CT molecular complexity index is 1680. The number of hydrazone groups is 1. The summed E-state index contributed by atoms with van der Waals surface area (Å²) in [5.74, 6) is 0.0414. The number of hydrogen-bond donors (Lipinski definition) is 1. The number of amides is 1. The fourth-order valence-electron chi connectivity index (χ4n) is 4.38. The summed E-state index contributed by atoms with van der Waals surface area (Å²) in [6.07, 6.45) is 1.55. The second-order valence-corrected chi connectivity index (χ2v) is 12.1. The maximum absolute atomic E-state index is 13.8. The van der Waals surface area contributed by atoms with Crippen molar-refractivity contribution >= 4 is 43.8 Å². The second kappa shape index (κ2) is 12.6. The first kappa shape index (κ1) is 29.9. The lowest BCUT2D eigenvalue weighted by molar-refractivity contribution is -0.119. The van der Waals surface area contributed by atoms with Gasteiger partial charge in [-0.2, -0.15) is 5.10 Å². The van der Waals surface area contributed by atoms with Gasteiger partial charge in [-0.25, -0.2) is 13.8 Å². The summed E-state index contributed by atoms with van der Waals surface area (Å²) in [6.45, 7) is 5.36. The van der Waals surface area contributed by atoms with Crippen LogP contribution in [0.4, 0.5) is 5.69 Å². The van der Waals surface area contributed by atoms with E-state index in [0.29, 0.717) is 11.4 Å². The van der Waals surface area contributed by atoms with E-state index in [1.54, 1.807) is 30.5 Å². The van der Waals surface area contributed by atoms with E-state index in [2.05, 4.69) is 31.0 Å². The van der Waals surface area contributed by atoms with E-state index in [-0.39, 0.29) is 10.6 Å². The summed E-state index contributed by atoms with van der Waals surface area (Å²) in [7, 11) is -1.27. The number of carbonyl (C=O) groups excluding carboxylic acids is 1. The van der Waals surface area contributed by atoms with Crippen LogP contribution in [0.1, 0.15) is 22.5 Å². The molecular formula is C30H31BrN4O5S. The Balaban J connectivity index is 1.58. The number of rotatable bonds is 10. The van der Waals surface area contributed by atoms with Gasteiger partial charge in [-0.05, 0) is 75.4 Å². The molecule has 0 spiro atoms. The summed E-state index contributed by atoms with van der Waals surface area (Å²) in [5, 5.41) is 4.13. The molecule has 0 saturated carbocycles. The topological polar surface area (TPSA) is 102 Å². The third-order valence-corrected chi connectivity index (χ3v) is 8.80. The van der Waals surface area contributed by atoms with Crippen molar-refractivity contribution in [1.29, 1.82) is 0 Å². The third-order valence-electron chi connectivity index (χ3n) is 6.50. The van der Waals surface area contributed by atoms with Crippen molar-refractivity contribution in [2.45, 2.75) is 25.7 Å². The Morgan fingerprint density at radius 2 is 1.61 bits per heavy atom. The highest BCUT2D eigenvalue weighted by molar-refractivity contribution is 9.10. The highest BCUT2D eigenvalue weighted by Gasteiger charge is 2.28. The minimum absolute atomic E-state index is 0.0487. The summed E-state index contributed by atoms with van der Waals surface area (Å²) in [5.41, 5.74) is 7.53. The van der Waals surface area contributed by atoms with Crippen molar-refractivity contribution in [3.05, 3.63) is 99.8 Å². The van der Waals surface area contributed by atoms with Gasteiger partial charge in [0.15, 0.2) is 11.5 Å². The van der Waals surface area contributed by atoms with Crippen molar-refractivity contribution in [3.8, 4) is 17.2 Å². The van der Waals surface area contributed by atoms with Crippen LogP contribution in [0.3, 0.4) is 0 Å². The monoisotopic (exact) mass is 638 g/mol. The molecule has 1 N–H and O–H groups in total. The molecule has 214 valence electrons. The Morgan fingerprint density at radius 1 is 0.951 bits per heavy atom. The minimum atomic E-state index is -4.16. The van der Waals surface area contributed by atoms with Crippen molar-refractivity contribution < 1.29 is 22.7 Å². The van der Waals surface area contributed by atoms with E-state index in [0.717, 1.165) is 37.0 Å². The number of nitrogens with one attached hydrogen (secondary N) is 1. The molecule has 0 aliphatic heterocycles. The summed E-state index contributed by atoms with van der Waals surface area (Å²) in [6, 6.07) is 21.1. The molecule has 0 unspecified atom stereocenters. The van der Waals surface area contributed by atoms with Crippen molar-refractivity contribution in [3.63, 3.8) is 0 Å². The van der Waals surface area contributed by atoms with Gasteiger partial charge in [-0.3, -0.25) is 9.10 Å². The normalized spacial score (nSPS) is 11.5. The van der Waals surface area contributed by atoms with Crippen LogP contribution in [0.25, 0.3) is 5.69 Å². The Kier molecular flexibility index (Phi) is 9.19. The average molecular weight is 640 g/mol. The molecule has 3 aromatic carbocycles. The Labute approximate surface area is 248 Å². The van der Waals surface area contributed by atoms with Crippen molar-refractivity contribution in [2.75, 3.05) is 25.1 Å². The molecule has 0 radical (unpaired) electrons. The Morgan fingerprint density at radius 3 is 2.24 bits per heavy atom. The van der Waals surface area contributed by atoms with E-state index in [1.807, 2.05) is 51.1 Å². The van der Waals surface area contributed by atoms with Crippen LogP contribution in [0.15, 0.2) is 87.3 Å². The molecule has 9 nitrogen and oxygen atoms in total. The molecule has 0 atom stereocenters. The number of carbonyl (C=O) groups is 1. The predicted octanol–water partition coefficient (Wildman–Crippen LogP) is 5.53. The zero-order valence-corrected chi connectivity index (χ0v) is 25.8. The van der Waals surface area contributed by atoms with Crippen molar-refractivity contribution in [1.82, 2.24) is 9.99 Å². The van der Waals surface area contributed by atoms with Gasteiger partial charge in [0, 0.05) is 33.2 Å². The molecule has 1 aromatic heterocycles. The highest BCUT2D eigenvalue weighted by atomic mass is 79.9. The van der Waals surface area contributed by atoms with Gasteiger partial charge in [0.1, 0.15) is 6.54 Å². The molecule has 1 amide bonds. The summed E-state index contributed by atoms with van der Waals surface area (Å²) >= 11 is 3.46. The number of aryl methyl sites for hydroxylation is 2. The number of anilines is 1. The lowest BCUT2D eigenvalue weighted by Gasteiger charge is -2.24. The van der Waals surface area contributed by atoms with Crippen LogP contribution in [0, 0.1) is 20.8 Å². The summed E-state index contributed by atoms with van der Waals surface area (Å²) in [4.78, 5) is 13.0. The average Bonchev–Trinajstić information content (AvgIpc) is 3.24. The molecule has 0 saturated heterocycles. The van der Waals surface area contributed by atoms with E-state index in [9.17, 15) is 13.2 Å². The zero-order valence-electron chi connectivity index (χ0n) is 23.4. The molecule has 0 fully saturated rings. The standard InChI is InChI=1S/C30H31BrN4O5S/c1-20-6-10-25(11-7-20)34(41(37,38)27-14-15-28(39-4)29(17-27)40-5)19-30(36)33-32-18-23-16-21(2)35(22(23)3)26-12-8-24(31)9-13-26/h6-18H,19H2,1-5H3,(H,33,36)/b32-18-. The summed E-state index contributed by atoms with van der Waals surface area (Å²) < 4.78 is 42.2. The molecule has 0 aliphatic rings. The van der Waals surface area contributed by atoms with Gasteiger partial charge < -0.3 is 14.0 Å². The van der Waals surface area contributed by atoms with Gasteiger partial charge in [0.2, 0.25) is 0 Å². The fraction of sp³-hybridized carbons (Fsp3) is 0.200. The minimum Gasteiger partial charge on any atom is -0.493 e. The van der Waals surface area contributed by atoms with Gasteiger partial charge in [0.05, 0.1) is 31.0 Å². The predicted molar refractivity (Wildman–Crippen MR) is 164 cm³/mol. The van der Waals surface area contributed by atoms with Crippen LogP contribution < -0.4 is 19.2 Å². The largest absolute Gasteiger partial charge is 0.493 e. The second-order valence-electron chi connectivity index (χ2n) is 9.30. The van der Waals surface area contributed by atoms with Crippen molar-refractivity contribution in [2.24, 2.45) is 5.10 Å². The first-order valence-electron chi connectivity index (χ1n) is 12.6. The van der Waals surface area contributed by atoms with Crippen LogP contribution in [0.5, 0.6) is 11.5 Å². The van der Waals surface area contributed by atoms with E-state index >= 15 is 0 Å². The number of benzene rings is 3. The number of halogens is 1. The van der Waals surface area contributed by atoms with Gasteiger partial charge in [-0.15, -0.1) is 0 Å². The SMILES string of the molecule is COc1ccc(S(=O)(=O)N(CC(=O)N/N=C\c2cc(C)n(-c3ccc(Br)cc3)c2C)c2ccc(C)cc2)cc1OC. The fourth-order valence-corrected chi connectivity index (χ4v) is 6.08. The third kappa shape index (κ3) is 6.63. The number of methoxy groups -OCH3 is 2. The number of aromatic nitrogens is 1. The van der Waals surface area contributed by atoms with E-state index < -0.39 is 22.5 Å². The van der Waals surface area contributed by atoms with Crippen LogP contribution >= 0.6 is 15.9 Å². The van der Waals surface area contributed by atoms with Crippen LogP contribution in [-0.4, -0.2) is 45.9 Å². The number of hydrogen-bond acceptors (Lipinski definition) is 6. The molecule has 0 bridgehead atoms. The maximum Gasteiger partial charge on any atom is 0.264 e. The molecular weight excluding hydrogens is 608 g/mol. The quantitative estimate of drug-likeness (QED) is 0.182. The maximum atomic E-state index is 13.8. The lowest BCUT2D eigenvalue weighted by Crippen LogP contribution is -2.39. The lowest BCUT2D eigenvalue weighted by atomic mass is 10.2. The Hall–Kier alpha value is -4.09. The molecule has 41 heavy (non-hydrogen) atoms. The first-order chi connectivity index (χ1) is 19.5. The van der Waals surface area contributed by atoms with E-state index in [4.69, 9.17) is 9.47 Å². The number of ether oxygens (including phenoxy) is 2. The number of nitrogens with zero attached hydrogens (tertiary/aromatic N) is 3. The highest BCUT2D eigenvalue weighted by Crippen LogP contribution is 2.32. The first-order valence-corrected chi connectivity index (χ1v) is 14.9. The smallest absolute Gasteiger partial charge is 0.264 e. The van der Waals surface area contributed by atoms with Crippen LogP contribution in [-0.2, 0) is 14.8 Å². The van der Waals surface area contributed by atoms with Gasteiger partial charge in [0.25, 0.3) is 15.9 Å². The molecule has 4 aromatic rings. The zero-order chi connectivity index (χ0) is 29.7. The molecule has 0 aliphatic carbocycles.